The second kappa shape index (κ2) is 37.1. The number of carbonyl (C=O) groups excluding carboxylic acids is 1. The molecule has 5 aliphatic rings. The average molecular weight is 1380 g/mol. The van der Waals surface area contributed by atoms with Crippen LogP contribution in [0.4, 0.5) is 5.69 Å². The van der Waals surface area contributed by atoms with Crippen molar-refractivity contribution in [2.24, 2.45) is 32.0 Å². The summed E-state index contributed by atoms with van der Waals surface area (Å²) >= 11 is 0. The Bertz CT molecular complexity index is 5110. The summed E-state index contributed by atoms with van der Waals surface area (Å²) in [6.45, 7) is 0. The maximum Gasteiger partial charge on any atom is 0.181 e. The SMILES string of the molecule is C(=Cc1ccccn1)C1=NC(c2ccccc2)=CC1.C1=C(c2ccccc2)N=C(/C=C/c2ccccn2)C1.C1=C(c2ccccc2)N=C(CCc2ccccn2)C1.Cn1cc(-c2ccccc2)nc1CCc1cccc(-n2ccnc2)n1.O=C1Cc2ccccc2N=C1CCC1=NC(c2ccccc2)=CC1. The lowest BCUT2D eigenvalue weighted by molar-refractivity contribution is -0.112. The third-order valence-corrected chi connectivity index (χ3v) is 17.9. The first-order valence-electron chi connectivity index (χ1n) is 35.9. The van der Waals surface area contributed by atoms with Crippen LogP contribution in [0.3, 0.4) is 0 Å². The summed E-state index contributed by atoms with van der Waals surface area (Å²) in [5.74, 6) is 2.09. The van der Waals surface area contributed by atoms with Gasteiger partial charge in [0.25, 0.3) is 0 Å². The fraction of sp³-hybridized carbons (Fsp3) is 0.130. The minimum absolute atomic E-state index is 0.142. The van der Waals surface area contributed by atoms with Crippen molar-refractivity contribution in [2.45, 2.75) is 70.6 Å². The molecule has 0 saturated carbocycles. The van der Waals surface area contributed by atoms with E-state index in [2.05, 4.69) is 155 Å². The van der Waals surface area contributed by atoms with E-state index in [-0.39, 0.29) is 5.78 Å². The molecule has 0 spiro atoms. The van der Waals surface area contributed by atoms with Gasteiger partial charge in [-0.3, -0.25) is 44.3 Å². The van der Waals surface area contributed by atoms with Crippen molar-refractivity contribution in [1.29, 1.82) is 0 Å². The number of hydrogen-bond donors (Lipinski definition) is 0. The van der Waals surface area contributed by atoms with Crippen molar-refractivity contribution < 1.29 is 4.79 Å². The van der Waals surface area contributed by atoms with E-state index in [0.717, 1.165) is 160 Å². The summed E-state index contributed by atoms with van der Waals surface area (Å²) in [5, 5.41) is 0. The van der Waals surface area contributed by atoms with Crippen LogP contribution in [0.2, 0.25) is 0 Å². The topological polar surface area (TPSA) is 166 Å². The van der Waals surface area contributed by atoms with Crippen LogP contribution in [0, 0.1) is 0 Å². The number of ketones is 1. The molecular formula is C92H81N13O. The molecule has 106 heavy (non-hydrogen) atoms. The Balaban J connectivity index is 0.000000118. The largest absolute Gasteiger partial charge is 0.337 e. The number of aliphatic imine (C=N–C) groups is 5. The fourth-order valence-corrected chi connectivity index (χ4v) is 12.2. The van der Waals surface area contributed by atoms with E-state index in [1.54, 1.807) is 24.9 Å². The maximum absolute atomic E-state index is 12.3. The number of allylic oxidation sites excluding steroid dienone is 6. The summed E-state index contributed by atoms with van der Waals surface area (Å²) in [5.41, 5.74) is 22.4. The minimum atomic E-state index is 0.142. The molecule has 0 fully saturated rings. The molecule has 11 heterocycles. The van der Waals surface area contributed by atoms with Crippen LogP contribution in [-0.2, 0) is 37.5 Å². The molecule has 0 atom stereocenters. The number of aryl methyl sites for hydroxylation is 4. The Morgan fingerprint density at radius 2 is 0.858 bits per heavy atom. The first-order chi connectivity index (χ1) is 52.3. The lowest BCUT2D eigenvalue weighted by Gasteiger charge is -2.14. The van der Waals surface area contributed by atoms with Gasteiger partial charge >= 0.3 is 0 Å². The van der Waals surface area contributed by atoms with Crippen molar-refractivity contribution >= 4 is 75.0 Å². The summed E-state index contributed by atoms with van der Waals surface area (Å²) in [4.78, 5) is 62.0. The first kappa shape index (κ1) is 71.2. The molecule has 6 aromatic heterocycles. The molecule has 0 amide bonds. The van der Waals surface area contributed by atoms with E-state index in [1.165, 1.54) is 22.4 Å². The Hall–Kier alpha value is -13.2. The van der Waals surface area contributed by atoms with Gasteiger partial charge in [0.1, 0.15) is 18.0 Å². The van der Waals surface area contributed by atoms with Crippen molar-refractivity contribution in [2.75, 3.05) is 0 Å². The van der Waals surface area contributed by atoms with Crippen LogP contribution in [0.15, 0.2) is 354 Å². The zero-order valence-electron chi connectivity index (χ0n) is 59.3. The molecule has 17 rings (SSSR count). The number of Topliss-reactive ketones (excluding diaryl/α,β-unsaturated/α-hetero) is 1. The zero-order valence-corrected chi connectivity index (χ0v) is 59.3. The number of para-hydroxylation sites is 1. The highest BCUT2D eigenvalue weighted by atomic mass is 16.1. The monoisotopic (exact) mass is 1380 g/mol. The number of aromatic nitrogens is 8. The number of fused-ring (bicyclic) bond motifs is 1. The summed E-state index contributed by atoms with van der Waals surface area (Å²) in [7, 11) is 2.05. The number of imidazole rings is 2. The van der Waals surface area contributed by atoms with Gasteiger partial charge in [0.05, 0.1) is 51.3 Å². The predicted molar refractivity (Wildman–Crippen MR) is 434 cm³/mol. The standard InChI is InChI=1S/C21H18N2O.C20H19N5.C17H16N2.2C17H14N2/c24-21-14-16-8-4-5-9-18(16)23-20(21)13-11-17-10-12-19(22-17)15-6-2-1-3-7-15;1-24-14-18(16-6-3-2-4-7-16)23-19(24)11-10-17-8-5-9-20(22-17)25-13-12-21-15-25;3*1-2-6-14(7-3-1)17-12-11-16(19-17)10-9-15-8-4-5-13-18-15/h1-9,12H,10-11,13-14H2;2-9,12-15H,10-11H2,1H3;1-8,12-13H,9-11H2;2*1-10,12-13H,11H2/b;;;10-9+;. The molecule has 6 aromatic carbocycles. The number of rotatable bonds is 19. The van der Waals surface area contributed by atoms with Crippen molar-refractivity contribution in [3.05, 3.63) is 385 Å². The van der Waals surface area contributed by atoms with Gasteiger partial charge in [-0.2, -0.15) is 0 Å². The maximum atomic E-state index is 12.3. The van der Waals surface area contributed by atoms with Crippen molar-refractivity contribution in [1.82, 2.24) is 39.0 Å². The smallest absolute Gasteiger partial charge is 0.181 e. The molecule has 520 valence electrons. The van der Waals surface area contributed by atoms with Crippen LogP contribution in [0.25, 0.3) is 52.0 Å². The molecule has 12 aromatic rings. The van der Waals surface area contributed by atoms with E-state index < -0.39 is 0 Å². The van der Waals surface area contributed by atoms with Crippen LogP contribution in [-0.4, -0.2) is 73.4 Å². The highest BCUT2D eigenvalue weighted by molar-refractivity contribution is 6.42. The molecule has 0 N–H and O–H groups in total. The van der Waals surface area contributed by atoms with Crippen LogP contribution >= 0.6 is 0 Å². The highest BCUT2D eigenvalue weighted by Gasteiger charge is 2.22. The van der Waals surface area contributed by atoms with Gasteiger partial charge in [0.2, 0.25) is 0 Å². The summed E-state index contributed by atoms with van der Waals surface area (Å²) < 4.78 is 4.01. The van der Waals surface area contributed by atoms with Gasteiger partial charge in [0, 0.05) is 123 Å². The Labute approximate surface area is 620 Å². The van der Waals surface area contributed by atoms with E-state index in [0.29, 0.717) is 18.6 Å². The molecule has 5 aliphatic heterocycles. The van der Waals surface area contributed by atoms with Gasteiger partial charge in [0.15, 0.2) is 5.78 Å². The van der Waals surface area contributed by atoms with Crippen molar-refractivity contribution in [3.63, 3.8) is 0 Å². The molecule has 0 aliphatic carbocycles. The van der Waals surface area contributed by atoms with E-state index >= 15 is 0 Å². The Morgan fingerprint density at radius 3 is 1.38 bits per heavy atom. The van der Waals surface area contributed by atoms with Crippen LogP contribution in [0.1, 0.15) is 101 Å². The number of benzene rings is 6. The Kier molecular flexibility index (Phi) is 24.9. The second-order valence-electron chi connectivity index (χ2n) is 25.5. The van der Waals surface area contributed by atoms with E-state index in [9.17, 15) is 4.79 Å². The molecule has 0 unspecified atom stereocenters. The number of carbonyl (C=O) groups is 1. The van der Waals surface area contributed by atoms with Crippen LogP contribution in [0.5, 0.6) is 0 Å². The molecule has 0 radical (unpaired) electrons. The van der Waals surface area contributed by atoms with Gasteiger partial charge in [-0.05, 0) is 139 Å². The van der Waals surface area contributed by atoms with Gasteiger partial charge < -0.3 is 4.57 Å². The lowest BCUT2D eigenvalue weighted by atomic mass is 9.97. The number of nitrogens with zero attached hydrogens (tertiary/aromatic N) is 13. The molecular weight excluding hydrogens is 1300 g/mol. The normalized spacial score (nSPS) is 14.0. The third kappa shape index (κ3) is 20.8. The fourth-order valence-electron chi connectivity index (χ4n) is 12.2. The zero-order chi connectivity index (χ0) is 72.2. The summed E-state index contributed by atoms with van der Waals surface area (Å²) in [6.07, 6.45) is 38.9. The first-order valence-corrected chi connectivity index (χ1v) is 35.9. The van der Waals surface area contributed by atoms with Gasteiger partial charge in [-0.1, -0.05) is 218 Å². The van der Waals surface area contributed by atoms with E-state index in [4.69, 9.17) is 20.0 Å². The number of pyridine rings is 4. The predicted octanol–water partition coefficient (Wildman–Crippen LogP) is 19.9. The summed E-state index contributed by atoms with van der Waals surface area (Å²) in [6, 6.07) is 83.1. The van der Waals surface area contributed by atoms with Crippen LogP contribution < -0.4 is 0 Å². The van der Waals surface area contributed by atoms with Crippen molar-refractivity contribution in [3.8, 4) is 17.1 Å². The van der Waals surface area contributed by atoms with Gasteiger partial charge in [-0.15, -0.1) is 0 Å². The highest BCUT2D eigenvalue weighted by Crippen LogP contribution is 2.30. The average Bonchev–Trinajstić information content (AvgIpc) is 1.01. The molecule has 0 saturated heterocycles. The quantitative estimate of drug-likeness (QED) is 0.0777. The minimum Gasteiger partial charge on any atom is -0.337 e. The second-order valence-corrected chi connectivity index (χ2v) is 25.5. The molecule has 0 bridgehead atoms. The van der Waals surface area contributed by atoms with E-state index in [1.807, 2.05) is 212 Å². The molecule has 14 nitrogen and oxygen atoms in total. The third-order valence-electron chi connectivity index (χ3n) is 17.9. The lowest BCUT2D eigenvalue weighted by Crippen LogP contribution is -2.20. The Morgan fingerprint density at radius 1 is 0.387 bits per heavy atom. The van der Waals surface area contributed by atoms with Gasteiger partial charge in [-0.25, -0.2) is 19.9 Å². The number of hydrogen-bond acceptors (Lipinski definition) is 12. The molecule has 14 heteroatoms.